The van der Waals surface area contributed by atoms with E-state index in [4.69, 9.17) is 9.84 Å². The molecule has 2 N–H and O–H groups in total. The molecule has 2 amide bonds. The largest absolute Gasteiger partial charge is 0.481 e. The number of ether oxygens (including phenoxy) is 1. The second kappa shape index (κ2) is 7.87. The van der Waals surface area contributed by atoms with Crippen molar-refractivity contribution in [2.75, 3.05) is 26.2 Å². The zero-order valence-corrected chi connectivity index (χ0v) is 14.4. The summed E-state index contributed by atoms with van der Waals surface area (Å²) in [5, 5.41) is 12.0. The van der Waals surface area contributed by atoms with Gasteiger partial charge in [0.1, 0.15) is 0 Å². The highest BCUT2D eigenvalue weighted by Crippen LogP contribution is 2.48. The molecule has 0 bridgehead atoms. The lowest BCUT2D eigenvalue weighted by Crippen LogP contribution is -2.41. The molecule has 1 aromatic rings. The van der Waals surface area contributed by atoms with Crippen molar-refractivity contribution in [1.29, 1.82) is 0 Å². The van der Waals surface area contributed by atoms with Crippen molar-refractivity contribution < 1.29 is 19.4 Å². The van der Waals surface area contributed by atoms with E-state index in [2.05, 4.69) is 5.32 Å². The van der Waals surface area contributed by atoms with Crippen molar-refractivity contribution in [2.24, 2.45) is 11.3 Å². The van der Waals surface area contributed by atoms with E-state index in [1.807, 2.05) is 30.3 Å². The summed E-state index contributed by atoms with van der Waals surface area (Å²) in [6.07, 6.45) is 3.71. The van der Waals surface area contributed by atoms with Gasteiger partial charge in [0.15, 0.2) is 0 Å². The van der Waals surface area contributed by atoms with Crippen LogP contribution in [0.2, 0.25) is 0 Å². The van der Waals surface area contributed by atoms with Crippen LogP contribution in [0.4, 0.5) is 4.79 Å². The molecule has 2 fully saturated rings. The molecule has 1 atom stereocenters. The van der Waals surface area contributed by atoms with Crippen molar-refractivity contribution >= 4 is 12.0 Å². The number of benzene rings is 1. The number of carboxylic acid groups (broad SMARTS) is 1. The predicted molar refractivity (Wildman–Crippen MR) is 93.1 cm³/mol. The molecule has 1 heterocycles. The first kappa shape index (κ1) is 17.7. The van der Waals surface area contributed by atoms with E-state index in [-0.39, 0.29) is 11.4 Å². The number of rotatable bonds is 8. The standard InChI is InChI=1S/C19H26N2O4/c22-17(23)16-6-10-21(12-16)18(24)20-14-19(7-8-19)9-11-25-13-15-4-2-1-3-5-15/h1-5,16H,6-14H2,(H,20,24)(H,22,23). The number of hydrogen-bond acceptors (Lipinski definition) is 3. The minimum atomic E-state index is -0.815. The summed E-state index contributed by atoms with van der Waals surface area (Å²) in [7, 11) is 0. The topological polar surface area (TPSA) is 78.9 Å². The number of amides is 2. The Balaban J connectivity index is 1.34. The number of carbonyl (C=O) groups excluding carboxylic acids is 1. The van der Waals surface area contributed by atoms with Crippen molar-refractivity contribution in [2.45, 2.75) is 32.3 Å². The van der Waals surface area contributed by atoms with Gasteiger partial charge in [-0.1, -0.05) is 30.3 Å². The van der Waals surface area contributed by atoms with Gasteiger partial charge in [0.2, 0.25) is 0 Å². The zero-order chi connectivity index (χ0) is 17.7. The molecule has 6 heteroatoms. The van der Waals surface area contributed by atoms with E-state index in [9.17, 15) is 9.59 Å². The summed E-state index contributed by atoms with van der Waals surface area (Å²) in [5.41, 5.74) is 1.33. The third kappa shape index (κ3) is 4.95. The number of likely N-dealkylation sites (tertiary alicyclic amines) is 1. The monoisotopic (exact) mass is 346 g/mol. The summed E-state index contributed by atoms with van der Waals surface area (Å²) >= 11 is 0. The molecule has 0 spiro atoms. The number of hydrogen-bond donors (Lipinski definition) is 2. The van der Waals surface area contributed by atoms with Crippen molar-refractivity contribution in [1.82, 2.24) is 10.2 Å². The first-order chi connectivity index (χ1) is 12.1. The lowest BCUT2D eigenvalue weighted by molar-refractivity contribution is -0.141. The molecule has 1 saturated heterocycles. The average Bonchev–Trinajstić information content (AvgIpc) is 3.20. The normalized spacial score (nSPS) is 21.1. The summed E-state index contributed by atoms with van der Waals surface area (Å²) in [6, 6.07) is 9.96. The highest BCUT2D eigenvalue weighted by molar-refractivity contribution is 5.77. The van der Waals surface area contributed by atoms with E-state index in [1.54, 1.807) is 4.90 Å². The van der Waals surface area contributed by atoms with Crippen LogP contribution in [-0.2, 0) is 16.1 Å². The second-order valence-corrected chi connectivity index (χ2v) is 7.22. The molecule has 1 saturated carbocycles. The Morgan fingerprint density at radius 3 is 2.68 bits per heavy atom. The van der Waals surface area contributed by atoms with Crippen molar-refractivity contribution in [3.05, 3.63) is 35.9 Å². The molecule has 1 unspecified atom stereocenters. The van der Waals surface area contributed by atoms with E-state index >= 15 is 0 Å². The lowest BCUT2D eigenvalue weighted by atomic mass is 10.0. The molecule has 1 aromatic carbocycles. The molecule has 1 aliphatic heterocycles. The van der Waals surface area contributed by atoms with Gasteiger partial charge in [0, 0.05) is 26.2 Å². The Morgan fingerprint density at radius 1 is 1.28 bits per heavy atom. The van der Waals surface area contributed by atoms with Crippen molar-refractivity contribution in [3.63, 3.8) is 0 Å². The van der Waals surface area contributed by atoms with Crippen LogP contribution in [-0.4, -0.2) is 48.2 Å². The Hall–Kier alpha value is -2.08. The van der Waals surface area contributed by atoms with Gasteiger partial charge in [0.25, 0.3) is 0 Å². The van der Waals surface area contributed by atoms with E-state index in [0.29, 0.717) is 39.3 Å². The van der Waals surface area contributed by atoms with Gasteiger partial charge >= 0.3 is 12.0 Å². The fourth-order valence-electron chi connectivity index (χ4n) is 3.27. The molecule has 25 heavy (non-hydrogen) atoms. The Bertz CT molecular complexity index is 601. The summed E-state index contributed by atoms with van der Waals surface area (Å²) in [4.78, 5) is 24.8. The third-order valence-electron chi connectivity index (χ3n) is 5.28. The van der Waals surface area contributed by atoms with Crippen LogP contribution >= 0.6 is 0 Å². The van der Waals surface area contributed by atoms with Gasteiger partial charge in [-0.2, -0.15) is 0 Å². The molecule has 1 aliphatic carbocycles. The zero-order valence-electron chi connectivity index (χ0n) is 14.4. The highest BCUT2D eigenvalue weighted by atomic mass is 16.5. The van der Waals surface area contributed by atoms with E-state index < -0.39 is 11.9 Å². The van der Waals surface area contributed by atoms with Crippen LogP contribution in [0.15, 0.2) is 30.3 Å². The van der Waals surface area contributed by atoms with Gasteiger partial charge < -0.3 is 20.1 Å². The fraction of sp³-hybridized carbons (Fsp3) is 0.579. The number of urea groups is 1. The smallest absolute Gasteiger partial charge is 0.317 e. The fourth-order valence-corrected chi connectivity index (χ4v) is 3.27. The molecule has 6 nitrogen and oxygen atoms in total. The maximum atomic E-state index is 12.2. The minimum Gasteiger partial charge on any atom is -0.481 e. The number of nitrogens with one attached hydrogen (secondary N) is 1. The summed E-state index contributed by atoms with van der Waals surface area (Å²) in [6.45, 7) is 2.79. The number of nitrogens with zero attached hydrogens (tertiary/aromatic N) is 1. The SMILES string of the molecule is O=C(O)C1CCN(C(=O)NCC2(CCOCc3ccccc3)CC2)C1. The van der Waals surface area contributed by atoms with E-state index in [0.717, 1.165) is 19.3 Å². The van der Waals surface area contributed by atoms with E-state index in [1.165, 1.54) is 5.56 Å². The molecule has 0 aromatic heterocycles. The Morgan fingerprint density at radius 2 is 2.04 bits per heavy atom. The number of carboxylic acids is 1. The molecule has 136 valence electrons. The van der Waals surface area contributed by atoms with Crippen LogP contribution in [0.3, 0.4) is 0 Å². The van der Waals surface area contributed by atoms with Gasteiger partial charge in [-0.3, -0.25) is 4.79 Å². The lowest BCUT2D eigenvalue weighted by Gasteiger charge is -2.20. The third-order valence-corrected chi connectivity index (χ3v) is 5.28. The Kier molecular flexibility index (Phi) is 5.58. The van der Waals surface area contributed by atoms with Crippen LogP contribution in [0.1, 0.15) is 31.2 Å². The van der Waals surface area contributed by atoms with Gasteiger partial charge in [0.05, 0.1) is 12.5 Å². The quantitative estimate of drug-likeness (QED) is 0.709. The maximum absolute atomic E-state index is 12.2. The molecular formula is C19H26N2O4. The molecule has 3 rings (SSSR count). The average molecular weight is 346 g/mol. The van der Waals surface area contributed by atoms with Gasteiger partial charge in [-0.15, -0.1) is 0 Å². The molecule has 0 radical (unpaired) electrons. The number of aliphatic carboxylic acids is 1. The van der Waals surface area contributed by atoms with Crippen LogP contribution in [0.5, 0.6) is 0 Å². The van der Waals surface area contributed by atoms with Crippen LogP contribution in [0.25, 0.3) is 0 Å². The summed E-state index contributed by atoms with van der Waals surface area (Å²) < 4.78 is 5.75. The second-order valence-electron chi connectivity index (χ2n) is 7.22. The first-order valence-corrected chi connectivity index (χ1v) is 8.95. The number of carbonyl (C=O) groups is 2. The Labute approximate surface area is 148 Å². The van der Waals surface area contributed by atoms with Crippen LogP contribution < -0.4 is 5.32 Å². The molecular weight excluding hydrogens is 320 g/mol. The maximum Gasteiger partial charge on any atom is 0.317 e. The molecule has 2 aliphatic rings. The van der Waals surface area contributed by atoms with Gasteiger partial charge in [-0.05, 0) is 36.7 Å². The van der Waals surface area contributed by atoms with Crippen molar-refractivity contribution in [3.8, 4) is 0 Å². The van der Waals surface area contributed by atoms with Gasteiger partial charge in [-0.25, -0.2) is 4.79 Å². The van der Waals surface area contributed by atoms with Crippen LogP contribution in [0, 0.1) is 11.3 Å². The predicted octanol–water partition coefficient (Wildman–Crippen LogP) is 2.49. The minimum absolute atomic E-state index is 0.139. The first-order valence-electron chi connectivity index (χ1n) is 8.95. The highest BCUT2D eigenvalue weighted by Gasteiger charge is 2.42. The summed E-state index contributed by atoms with van der Waals surface area (Å²) in [5.74, 6) is -1.24.